The minimum absolute atomic E-state index is 0.211. The second kappa shape index (κ2) is 4.02. The van der Waals surface area contributed by atoms with Gasteiger partial charge in [0.2, 0.25) is 0 Å². The van der Waals surface area contributed by atoms with E-state index in [1.807, 2.05) is 0 Å². The first-order valence-electron chi connectivity index (χ1n) is 3.83. The second-order valence-electron chi connectivity index (χ2n) is 2.76. The molecule has 0 aliphatic rings. The Hall–Kier alpha value is -1.15. The van der Waals surface area contributed by atoms with Crippen LogP contribution in [0.5, 0.6) is 0 Å². The van der Waals surface area contributed by atoms with Gasteiger partial charge in [-0.3, -0.25) is 0 Å². The molecule has 0 fully saturated rings. The van der Waals surface area contributed by atoms with Gasteiger partial charge in [-0.15, -0.1) is 0 Å². The Balaban J connectivity index is 2.64. The minimum Gasteiger partial charge on any atom is -0.327 e. The van der Waals surface area contributed by atoms with Gasteiger partial charge in [-0.05, 0) is 24.1 Å². The van der Waals surface area contributed by atoms with Crippen LogP contribution in [0.3, 0.4) is 0 Å². The fourth-order valence-corrected chi connectivity index (χ4v) is 0.963. The molecule has 0 amide bonds. The summed E-state index contributed by atoms with van der Waals surface area (Å²) in [4.78, 5) is 0. The molecule has 0 saturated carbocycles. The van der Waals surface area contributed by atoms with Crippen molar-refractivity contribution in [1.29, 1.82) is 0 Å². The second-order valence-corrected chi connectivity index (χ2v) is 2.76. The van der Waals surface area contributed by atoms with E-state index in [4.69, 9.17) is 5.73 Å². The summed E-state index contributed by atoms with van der Waals surface area (Å²) in [6, 6.07) is 6.38. The molecule has 0 spiro atoms. The number of benzene rings is 1. The van der Waals surface area contributed by atoms with Gasteiger partial charge in [0.25, 0.3) is 0 Å². The topological polar surface area (TPSA) is 26.0 Å². The summed E-state index contributed by atoms with van der Waals surface area (Å²) in [6.45, 7) is 4.26. The van der Waals surface area contributed by atoms with Crippen LogP contribution in [0.15, 0.2) is 36.4 Å². The van der Waals surface area contributed by atoms with Crippen molar-refractivity contribution in [2.24, 2.45) is 5.73 Å². The van der Waals surface area contributed by atoms with Crippen molar-refractivity contribution in [3.05, 3.63) is 47.8 Å². The summed E-state index contributed by atoms with van der Waals surface area (Å²) in [6.07, 6.45) is 0.733. The normalized spacial score (nSPS) is 9.83. The van der Waals surface area contributed by atoms with E-state index in [9.17, 15) is 4.39 Å². The fraction of sp³-hybridized carbons (Fsp3) is 0.200. The lowest BCUT2D eigenvalue weighted by molar-refractivity contribution is 0.627. The predicted octanol–water partition coefficient (Wildman–Crippen LogP) is 1.88. The van der Waals surface area contributed by atoms with Gasteiger partial charge in [0.15, 0.2) is 0 Å². The van der Waals surface area contributed by atoms with Crippen molar-refractivity contribution in [2.75, 3.05) is 6.54 Å². The number of nitrogens with two attached hydrogens (primary N) is 1. The Kier molecular flexibility index (Phi) is 3.00. The third-order valence-corrected chi connectivity index (χ3v) is 1.66. The van der Waals surface area contributed by atoms with Gasteiger partial charge >= 0.3 is 0 Å². The highest BCUT2D eigenvalue weighted by molar-refractivity contribution is 5.21. The first-order chi connectivity index (χ1) is 5.72. The van der Waals surface area contributed by atoms with Gasteiger partial charge in [-0.1, -0.05) is 24.3 Å². The molecule has 0 heterocycles. The van der Waals surface area contributed by atoms with Gasteiger partial charge in [0.05, 0.1) is 0 Å². The SMILES string of the molecule is C=C(CN)Cc1ccc(F)cc1. The molecule has 0 saturated heterocycles. The third-order valence-electron chi connectivity index (χ3n) is 1.66. The molecule has 2 N–H and O–H groups in total. The highest BCUT2D eigenvalue weighted by Gasteiger charge is 1.95. The van der Waals surface area contributed by atoms with Gasteiger partial charge in [-0.25, -0.2) is 4.39 Å². The van der Waals surface area contributed by atoms with Crippen LogP contribution in [0.1, 0.15) is 5.56 Å². The molecule has 64 valence electrons. The van der Waals surface area contributed by atoms with E-state index in [0.717, 1.165) is 17.6 Å². The van der Waals surface area contributed by atoms with Gasteiger partial charge < -0.3 is 5.73 Å². The average molecular weight is 165 g/mol. The highest BCUT2D eigenvalue weighted by atomic mass is 19.1. The number of halogens is 1. The Morgan fingerprint density at radius 1 is 1.33 bits per heavy atom. The van der Waals surface area contributed by atoms with Crippen LogP contribution >= 0.6 is 0 Å². The molecule has 0 atom stereocenters. The first-order valence-corrected chi connectivity index (χ1v) is 3.83. The predicted molar refractivity (Wildman–Crippen MR) is 48.3 cm³/mol. The summed E-state index contributed by atoms with van der Waals surface area (Å²) >= 11 is 0. The van der Waals surface area contributed by atoms with E-state index in [-0.39, 0.29) is 5.82 Å². The molecular weight excluding hydrogens is 153 g/mol. The molecule has 1 aromatic rings. The average Bonchev–Trinajstić information content (AvgIpc) is 2.09. The summed E-state index contributed by atoms with van der Waals surface area (Å²) in [7, 11) is 0. The van der Waals surface area contributed by atoms with Crippen LogP contribution in [0, 0.1) is 5.82 Å². The Morgan fingerprint density at radius 3 is 2.42 bits per heavy atom. The van der Waals surface area contributed by atoms with E-state index < -0.39 is 0 Å². The Bertz CT molecular complexity index is 264. The molecule has 1 rings (SSSR count). The molecule has 1 nitrogen and oxygen atoms in total. The van der Waals surface area contributed by atoms with Crippen LogP contribution in [0.4, 0.5) is 4.39 Å². The largest absolute Gasteiger partial charge is 0.327 e. The number of hydrogen-bond donors (Lipinski definition) is 1. The van der Waals surface area contributed by atoms with E-state index in [1.165, 1.54) is 12.1 Å². The molecule has 1 aromatic carbocycles. The van der Waals surface area contributed by atoms with Crippen molar-refractivity contribution in [3.8, 4) is 0 Å². The monoisotopic (exact) mass is 165 g/mol. The lowest BCUT2D eigenvalue weighted by Gasteiger charge is -2.01. The van der Waals surface area contributed by atoms with Crippen LogP contribution in [-0.2, 0) is 6.42 Å². The molecule has 0 aliphatic heterocycles. The first kappa shape index (κ1) is 8.94. The Morgan fingerprint density at radius 2 is 1.92 bits per heavy atom. The third kappa shape index (κ3) is 2.47. The quantitative estimate of drug-likeness (QED) is 0.680. The summed E-state index contributed by atoms with van der Waals surface area (Å²) in [5.74, 6) is -0.211. The molecular formula is C10H12FN. The summed E-state index contributed by atoms with van der Waals surface area (Å²) in [5, 5.41) is 0. The lowest BCUT2D eigenvalue weighted by Crippen LogP contribution is -2.04. The van der Waals surface area contributed by atoms with Crippen LogP contribution in [-0.4, -0.2) is 6.54 Å². The highest BCUT2D eigenvalue weighted by Crippen LogP contribution is 2.06. The number of hydrogen-bond acceptors (Lipinski definition) is 1. The molecule has 0 unspecified atom stereocenters. The zero-order valence-corrected chi connectivity index (χ0v) is 6.89. The molecule has 0 bridgehead atoms. The number of rotatable bonds is 3. The smallest absolute Gasteiger partial charge is 0.123 e. The maximum absolute atomic E-state index is 12.5. The fourth-order valence-electron chi connectivity index (χ4n) is 0.963. The van der Waals surface area contributed by atoms with E-state index in [2.05, 4.69) is 6.58 Å². The molecule has 2 heteroatoms. The van der Waals surface area contributed by atoms with Gasteiger partial charge in [0.1, 0.15) is 5.82 Å². The van der Waals surface area contributed by atoms with Gasteiger partial charge in [0, 0.05) is 6.54 Å². The van der Waals surface area contributed by atoms with Crippen LogP contribution < -0.4 is 5.73 Å². The Labute approximate surface area is 71.7 Å². The summed E-state index contributed by atoms with van der Waals surface area (Å²) < 4.78 is 12.5. The van der Waals surface area contributed by atoms with Crippen molar-refractivity contribution < 1.29 is 4.39 Å². The molecule has 0 aromatic heterocycles. The van der Waals surface area contributed by atoms with Crippen molar-refractivity contribution >= 4 is 0 Å². The molecule has 0 aliphatic carbocycles. The summed E-state index contributed by atoms with van der Waals surface area (Å²) in [5.41, 5.74) is 7.38. The zero-order valence-electron chi connectivity index (χ0n) is 6.89. The standard InChI is InChI=1S/C10H12FN/c1-8(7-12)6-9-2-4-10(11)5-3-9/h2-5H,1,6-7,12H2. The molecule has 12 heavy (non-hydrogen) atoms. The van der Waals surface area contributed by atoms with Crippen LogP contribution in [0.2, 0.25) is 0 Å². The maximum Gasteiger partial charge on any atom is 0.123 e. The van der Waals surface area contributed by atoms with Crippen LogP contribution in [0.25, 0.3) is 0 Å². The van der Waals surface area contributed by atoms with Gasteiger partial charge in [-0.2, -0.15) is 0 Å². The van der Waals surface area contributed by atoms with Crippen molar-refractivity contribution in [1.82, 2.24) is 0 Å². The minimum atomic E-state index is -0.211. The molecule has 0 radical (unpaired) electrons. The van der Waals surface area contributed by atoms with E-state index in [0.29, 0.717) is 6.54 Å². The van der Waals surface area contributed by atoms with Crippen molar-refractivity contribution in [2.45, 2.75) is 6.42 Å². The lowest BCUT2D eigenvalue weighted by atomic mass is 10.1. The van der Waals surface area contributed by atoms with Crippen molar-refractivity contribution in [3.63, 3.8) is 0 Å². The zero-order chi connectivity index (χ0) is 8.97. The van der Waals surface area contributed by atoms with E-state index in [1.54, 1.807) is 12.1 Å². The maximum atomic E-state index is 12.5. The van der Waals surface area contributed by atoms with E-state index >= 15 is 0 Å².